The molecular weight excluding hydrogens is 294 g/mol. The van der Waals surface area contributed by atoms with E-state index in [0.717, 1.165) is 0 Å². The van der Waals surface area contributed by atoms with Gasteiger partial charge in [-0.15, -0.1) is 11.3 Å². The van der Waals surface area contributed by atoms with E-state index in [1.165, 1.54) is 18.4 Å². The van der Waals surface area contributed by atoms with E-state index in [1.807, 2.05) is 16.3 Å². The first kappa shape index (κ1) is 14.2. The van der Waals surface area contributed by atoms with Gasteiger partial charge in [0.2, 0.25) is 0 Å². The van der Waals surface area contributed by atoms with Gasteiger partial charge in [-0.3, -0.25) is 9.69 Å². The van der Waals surface area contributed by atoms with Gasteiger partial charge in [-0.25, -0.2) is 9.78 Å². The zero-order valence-electron chi connectivity index (χ0n) is 11.5. The van der Waals surface area contributed by atoms with E-state index < -0.39 is 6.10 Å². The summed E-state index contributed by atoms with van der Waals surface area (Å²) in [6, 6.07) is 1.83. The Morgan fingerprint density at radius 2 is 2.52 bits per heavy atom. The molecule has 7 nitrogen and oxygen atoms in total. The highest BCUT2D eigenvalue weighted by Crippen LogP contribution is 2.15. The molecule has 1 fully saturated rings. The highest BCUT2D eigenvalue weighted by Gasteiger charge is 2.27. The molecule has 1 aliphatic rings. The summed E-state index contributed by atoms with van der Waals surface area (Å²) >= 11 is 1.37. The summed E-state index contributed by atoms with van der Waals surface area (Å²) < 4.78 is 10.7. The van der Waals surface area contributed by atoms with Crippen molar-refractivity contribution in [2.75, 3.05) is 26.8 Å². The lowest BCUT2D eigenvalue weighted by molar-refractivity contribution is -0.160. The number of nitrogens with zero attached hydrogens (tertiary/aromatic N) is 2. The minimum absolute atomic E-state index is 0.122. The average Bonchev–Trinajstić information content (AvgIpc) is 2.95. The van der Waals surface area contributed by atoms with Crippen molar-refractivity contribution in [3.63, 3.8) is 0 Å². The number of methoxy groups -OCH3 is 1. The number of carbonyl (C=O) groups excluding carboxylic acids is 1. The van der Waals surface area contributed by atoms with E-state index in [2.05, 4.69) is 9.97 Å². The molecule has 1 saturated heterocycles. The van der Waals surface area contributed by atoms with E-state index in [4.69, 9.17) is 9.47 Å². The Labute approximate surface area is 124 Å². The first-order valence-corrected chi connectivity index (χ1v) is 7.43. The first-order valence-electron chi connectivity index (χ1n) is 6.55. The number of carbonyl (C=O) groups is 1. The van der Waals surface area contributed by atoms with Gasteiger partial charge in [-0.05, 0) is 11.4 Å². The van der Waals surface area contributed by atoms with Crippen LogP contribution in [0.5, 0.6) is 0 Å². The molecule has 0 bridgehead atoms. The molecule has 0 amide bonds. The van der Waals surface area contributed by atoms with Crippen molar-refractivity contribution in [2.24, 2.45) is 0 Å². The maximum absolute atomic E-state index is 11.9. The Kier molecular flexibility index (Phi) is 4.00. The molecule has 21 heavy (non-hydrogen) atoms. The molecule has 3 heterocycles. The molecule has 112 valence electrons. The van der Waals surface area contributed by atoms with E-state index in [1.54, 1.807) is 0 Å². The fourth-order valence-electron chi connectivity index (χ4n) is 2.33. The number of hydrogen-bond donors (Lipinski definition) is 1. The molecule has 0 aliphatic carbocycles. The topological polar surface area (TPSA) is 84.5 Å². The van der Waals surface area contributed by atoms with E-state index >= 15 is 0 Å². The monoisotopic (exact) mass is 309 g/mol. The van der Waals surface area contributed by atoms with Crippen LogP contribution in [0.15, 0.2) is 16.2 Å². The molecule has 0 radical (unpaired) electrons. The number of hydrogen-bond acceptors (Lipinski definition) is 7. The molecule has 1 N–H and O–H groups in total. The number of aromatic amines is 1. The van der Waals surface area contributed by atoms with Gasteiger partial charge < -0.3 is 14.5 Å². The summed E-state index contributed by atoms with van der Waals surface area (Å²) in [5.74, 6) is 0.214. The molecule has 3 rings (SSSR count). The van der Waals surface area contributed by atoms with Crippen molar-refractivity contribution in [3.05, 3.63) is 27.6 Å². The van der Waals surface area contributed by atoms with Crippen LogP contribution >= 0.6 is 11.3 Å². The smallest absolute Gasteiger partial charge is 0.336 e. The van der Waals surface area contributed by atoms with Crippen LogP contribution in [-0.2, 0) is 20.8 Å². The van der Waals surface area contributed by atoms with Gasteiger partial charge in [0, 0.05) is 13.1 Å². The minimum Gasteiger partial charge on any atom is -0.467 e. The second-order valence-corrected chi connectivity index (χ2v) is 5.68. The van der Waals surface area contributed by atoms with Gasteiger partial charge in [0.15, 0.2) is 6.10 Å². The van der Waals surface area contributed by atoms with Crippen molar-refractivity contribution in [2.45, 2.75) is 12.6 Å². The Bertz CT molecular complexity index is 711. The van der Waals surface area contributed by atoms with Gasteiger partial charge >= 0.3 is 5.97 Å². The molecule has 0 spiro atoms. The lowest BCUT2D eigenvalue weighted by Gasteiger charge is -2.30. The summed E-state index contributed by atoms with van der Waals surface area (Å²) in [6.45, 7) is 2.03. The number of fused-ring (bicyclic) bond motifs is 1. The third-order valence-electron chi connectivity index (χ3n) is 3.35. The number of aromatic nitrogens is 2. The summed E-state index contributed by atoms with van der Waals surface area (Å²) in [6.07, 6.45) is -0.583. The van der Waals surface area contributed by atoms with Crippen molar-refractivity contribution in [1.29, 1.82) is 0 Å². The van der Waals surface area contributed by atoms with Crippen molar-refractivity contribution in [3.8, 4) is 0 Å². The number of esters is 1. The van der Waals surface area contributed by atoms with E-state index in [-0.39, 0.29) is 11.5 Å². The minimum atomic E-state index is -0.583. The third kappa shape index (κ3) is 2.97. The van der Waals surface area contributed by atoms with E-state index in [0.29, 0.717) is 42.3 Å². The maximum atomic E-state index is 11.9. The second-order valence-electron chi connectivity index (χ2n) is 4.77. The first-order chi connectivity index (χ1) is 10.2. The van der Waals surface area contributed by atoms with Crippen molar-refractivity contribution in [1.82, 2.24) is 14.9 Å². The molecule has 2 aromatic rings. The Morgan fingerprint density at radius 1 is 1.67 bits per heavy atom. The number of thiophene rings is 1. The molecule has 1 unspecified atom stereocenters. The molecule has 1 atom stereocenters. The maximum Gasteiger partial charge on any atom is 0.336 e. The van der Waals surface area contributed by atoms with Crippen LogP contribution in [0.1, 0.15) is 5.82 Å². The zero-order valence-corrected chi connectivity index (χ0v) is 12.3. The molecule has 0 aromatic carbocycles. The number of nitrogens with one attached hydrogen (secondary N) is 1. The summed E-state index contributed by atoms with van der Waals surface area (Å²) in [7, 11) is 1.34. The fraction of sp³-hybridized carbons (Fsp3) is 0.462. The third-order valence-corrected chi connectivity index (χ3v) is 4.25. The van der Waals surface area contributed by atoms with Gasteiger partial charge in [-0.2, -0.15) is 0 Å². The van der Waals surface area contributed by atoms with Gasteiger partial charge in [0.1, 0.15) is 10.5 Å². The number of morpholine rings is 1. The van der Waals surface area contributed by atoms with Gasteiger partial charge in [-0.1, -0.05) is 0 Å². The Morgan fingerprint density at radius 3 is 3.33 bits per heavy atom. The van der Waals surface area contributed by atoms with Crippen molar-refractivity contribution >= 4 is 27.5 Å². The molecule has 2 aromatic heterocycles. The van der Waals surface area contributed by atoms with Crippen LogP contribution in [0.4, 0.5) is 0 Å². The van der Waals surface area contributed by atoms with E-state index in [9.17, 15) is 9.59 Å². The largest absolute Gasteiger partial charge is 0.467 e. The summed E-state index contributed by atoms with van der Waals surface area (Å²) in [5.41, 5.74) is 0.583. The highest BCUT2D eigenvalue weighted by molar-refractivity contribution is 7.17. The van der Waals surface area contributed by atoms with Crippen LogP contribution in [0, 0.1) is 0 Å². The average molecular weight is 309 g/mol. The normalized spacial score (nSPS) is 19.8. The van der Waals surface area contributed by atoms with Crippen LogP contribution < -0.4 is 5.56 Å². The van der Waals surface area contributed by atoms with Crippen molar-refractivity contribution < 1.29 is 14.3 Å². The molecule has 8 heteroatoms. The molecule has 0 saturated carbocycles. The van der Waals surface area contributed by atoms with Crippen LogP contribution in [0.3, 0.4) is 0 Å². The van der Waals surface area contributed by atoms with Gasteiger partial charge in [0.05, 0.1) is 25.8 Å². The standard InChI is InChI=1S/C13H15N3O4S/c1-19-13(18)9-6-16(3-4-20-9)7-10-14-8-2-5-21-11(8)12(17)15-10/h2,5,9H,3-4,6-7H2,1H3,(H,14,15,17). The SMILES string of the molecule is COC(=O)C1CN(Cc2nc3ccsc3c(=O)[nH]2)CCO1. The lowest BCUT2D eigenvalue weighted by Crippen LogP contribution is -2.46. The number of ether oxygens (including phenoxy) is 2. The Hall–Kier alpha value is -1.77. The van der Waals surface area contributed by atoms with Crippen LogP contribution in [-0.4, -0.2) is 53.7 Å². The van der Waals surface area contributed by atoms with Crippen LogP contribution in [0.2, 0.25) is 0 Å². The second kappa shape index (κ2) is 5.92. The predicted molar refractivity (Wildman–Crippen MR) is 77.3 cm³/mol. The Balaban J connectivity index is 1.75. The zero-order chi connectivity index (χ0) is 14.8. The predicted octanol–water partition coefficient (Wildman–Crippen LogP) is 0.358. The summed E-state index contributed by atoms with van der Waals surface area (Å²) in [5, 5.41) is 1.85. The lowest BCUT2D eigenvalue weighted by atomic mass is 10.2. The quantitative estimate of drug-likeness (QED) is 0.824. The molecular formula is C13H15N3O4S. The van der Waals surface area contributed by atoms with Crippen LogP contribution in [0.25, 0.3) is 10.2 Å². The summed E-state index contributed by atoms with van der Waals surface area (Å²) in [4.78, 5) is 32.7. The van der Waals surface area contributed by atoms with Gasteiger partial charge in [0.25, 0.3) is 5.56 Å². The molecule has 1 aliphatic heterocycles. The highest BCUT2D eigenvalue weighted by atomic mass is 32.1. The fourth-order valence-corrected chi connectivity index (χ4v) is 3.05. The number of rotatable bonds is 3. The number of H-pyrrole nitrogens is 1.